The molecule has 2 heterocycles. The van der Waals surface area contributed by atoms with Crippen molar-refractivity contribution < 1.29 is 18.9 Å². The van der Waals surface area contributed by atoms with Gasteiger partial charge in [-0.3, -0.25) is 9.97 Å². The van der Waals surface area contributed by atoms with E-state index in [1.807, 2.05) is 24.3 Å². The molecule has 10 N–H and O–H groups in total. The quantitative estimate of drug-likeness (QED) is 0.0188. The van der Waals surface area contributed by atoms with E-state index in [2.05, 4.69) is 68.9 Å². The third-order valence-electron chi connectivity index (χ3n) is 10.4. The topological polar surface area (TPSA) is 263 Å². The van der Waals surface area contributed by atoms with Crippen LogP contribution in [0.25, 0.3) is 11.1 Å². The summed E-state index contributed by atoms with van der Waals surface area (Å²) < 4.78 is 25.2. The molecule has 0 aliphatic carbocycles. The third kappa shape index (κ3) is 12.8. The number of pyridine rings is 2. The lowest BCUT2D eigenvalue weighted by molar-refractivity contribution is 0.287. The van der Waals surface area contributed by atoms with Crippen LogP contribution in [-0.4, -0.2) is 34.7 Å². The first-order chi connectivity index (χ1) is 32.0. The van der Waals surface area contributed by atoms with Crippen LogP contribution in [-0.2, 0) is 39.5 Å². The Hall–Kier alpha value is -7.60. The molecule has 4 aromatic carbocycles. The fourth-order valence-corrected chi connectivity index (χ4v) is 7.29. The van der Waals surface area contributed by atoms with E-state index in [4.69, 9.17) is 65.3 Å². The standard InChI is InChI=1S/C48H48Cl2N12O4/c1-29-35(27-65-45-13-43(63-25-33-9-31(15-51)17-57-19-33)37(11-41(45)49)21-59-23-47(53)61-55)5-3-7-39(29)40-8-4-6-36(30(40)2)28-66-46-14-44(64-26-34-10-32(16-52)18-58-20-34)38(12-42(46)50)22-60-24-48(54)62-56/h3-14,17-20,59-60H,21-28,55-56H2,1-2H3,(H2,53,61)(H2,54,62). The van der Waals surface area contributed by atoms with Crippen molar-refractivity contribution in [1.82, 2.24) is 20.6 Å². The number of hydrazone groups is 2. The highest BCUT2D eigenvalue weighted by Gasteiger charge is 2.17. The van der Waals surface area contributed by atoms with Crippen LogP contribution >= 0.6 is 23.2 Å². The van der Waals surface area contributed by atoms with E-state index in [9.17, 15) is 10.5 Å². The molecular formula is C48H48Cl2N12O4. The molecule has 0 aliphatic heterocycles. The minimum atomic E-state index is 0.154. The van der Waals surface area contributed by atoms with Crippen molar-refractivity contribution in [1.29, 1.82) is 10.5 Å². The fourth-order valence-electron chi connectivity index (χ4n) is 6.81. The molecule has 0 bridgehead atoms. The van der Waals surface area contributed by atoms with E-state index in [0.29, 0.717) is 57.3 Å². The minimum absolute atomic E-state index is 0.154. The van der Waals surface area contributed by atoms with Crippen molar-refractivity contribution in [2.24, 2.45) is 33.4 Å². The molecule has 6 rings (SSSR count). The van der Waals surface area contributed by atoms with Crippen molar-refractivity contribution in [3.05, 3.63) is 163 Å². The molecule has 0 saturated carbocycles. The summed E-state index contributed by atoms with van der Waals surface area (Å²) in [4.78, 5) is 8.28. The molecule has 16 nitrogen and oxygen atoms in total. The summed E-state index contributed by atoms with van der Waals surface area (Å²) in [7, 11) is 0. The number of amidine groups is 2. The van der Waals surface area contributed by atoms with E-state index < -0.39 is 0 Å². The van der Waals surface area contributed by atoms with Gasteiger partial charge in [0.05, 0.1) is 34.3 Å². The van der Waals surface area contributed by atoms with Gasteiger partial charge in [-0.2, -0.15) is 20.7 Å². The maximum Gasteiger partial charge on any atom is 0.142 e. The molecule has 6 aromatic rings. The number of ether oxygens (including phenoxy) is 4. The van der Waals surface area contributed by atoms with Crippen LogP contribution in [0.4, 0.5) is 0 Å². The average molecular weight is 928 g/mol. The van der Waals surface area contributed by atoms with E-state index in [1.165, 1.54) is 12.4 Å². The van der Waals surface area contributed by atoms with Crippen LogP contribution in [0.2, 0.25) is 10.0 Å². The maximum absolute atomic E-state index is 9.34. The van der Waals surface area contributed by atoms with Crippen LogP contribution in [0.15, 0.2) is 108 Å². The largest absolute Gasteiger partial charge is 0.488 e. The number of hydrogen-bond acceptors (Lipinski definition) is 14. The molecule has 0 aliphatic rings. The number of nitrogens with one attached hydrogen (secondary N) is 2. The smallest absolute Gasteiger partial charge is 0.142 e. The van der Waals surface area contributed by atoms with Crippen molar-refractivity contribution in [2.45, 2.75) is 53.4 Å². The summed E-state index contributed by atoms with van der Waals surface area (Å²) in [5.74, 6) is 13.0. The highest BCUT2D eigenvalue weighted by atomic mass is 35.5. The van der Waals surface area contributed by atoms with Crippen LogP contribution in [0, 0.1) is 36.5 Å². The molecule has 0 atom stereocenters. The van der Waals surface area contributed by atoms with E-state index in [1.54, 1.807) is 48.8 Å². The Kier molecular flexibility index (Phi) is 16.9. The Morgan fingerprint density at radius 1 is 0.576 bits per heavy atom. The summed E-state index contributed by atoms with van der Waals surface area (Å²) in [5, 5.41) is 32.9. The van der Waals surface area contributed by atoms with Gasteiger partial charge in [-0.1, -0.05) is 59.6 Å². The monoisotopic (exact) mass is 926 g/mol. The zero-order valence-electron chi connectivity index (χ0n) is 36.3. The lowest BCUT2D eigenvalue weighted by atomic mass is 9.92. The summed E-state index contributed by atoms with van der Waals surface area (Å²) in [6.07, 6.45) is 6.27. The molecule has 66 heavy (non-hydrogen) atoms. The van der Waals surface area contributed by atoms with Crippen molar-refractivity contribution in [2.75, 3.05) is 13.1 Å². The number of halogens is 2. The molecule has 0 unspecified atom stereocenters. The first-order valence-electron chi connectivity index (χ1n) is 20.5. The van der Waals surface area contributed by atoms with E-state index in [0.717, 1.165) is 55.6 Å². The SMILES string of the molecule is Cc1c(COc2cc(OCc3cncc(C#N)c3)c(CNC/C(N)=N/N)cc2Cl)cccc1-c1cccc(COc2cc(OCc3cncc(C#N)c3)c(CNC/C(N)=N/N)cc2Cl)c1C. The summed E-state index contributed by atoms with van der Waals surface area (Å²) >= 11 is 13.6. The maximum atomic E-state index is 9.34. The number of hydrogen-bond donors (Lipinski definition) is 6. The van der Waals surface area contributed by atoms with Gasteiger partial charge in [0, 0.05) is 72.3 Å². The number of nitrogens with zero attached hydrogens (tertiary/aromatic N) is 6. The van der Waals surface area contributed by atoms with Gasteiger partial charge < -0.3 is 52.7 Å². The minimum Gasteiger partial charge on any atom is -0.488 e. The number of nitrogens with two attached hydrogens (primary N) is 4. The van der Waals surface area contributed by atoms with Gasteiger partial charge in [-0.05, 0) is 71.5 Å². The summed E-state index contributed by atoms with van der Waals surface area (Å²) in [6.45, 7) is 6.07. The molecule has 338 valence electrons. The molecule has 0 amide bonds. The average Bonchev–Trinajstić information content (AvgIpc) is 3.33. The number of nitriles is 2. The van der Waals surface area contributed by atoms with Gasteiger partial charge in [-0.25, -0.2) is 0 Å². The molecule has 0 saturated heterocycles. The molecule has 2 aromatic heterocycles. The van der Waals surface area contributed by atoms with Crippen molar-refractivity contribution in [3.8, 4) is 46.3 Å². The highest BCUT2D eigenvalue weighted by molar-refractivity contribution is 6.32. The van der Waals surface area contributed by atoms with E-state index >= 15 is 0 Å². The zero-order chi connectivity index (χ0) is 47.0. The normalized spacial score (nSPS) is 11.4. The summed E-state index contributed by atoms with van der Waals surface area (Å²) in [6, 6.07) is 26.9. The molecule has 18 heteroatoms. The number of rotatable bonds is 21. The van der Waals surface area contributed by atoms with Gasteiger partial charge in [0.15, 0.2) is 0 Å². The molecule has 0 spiro atoms. The zero-order valence-corrected chi connectivity index (χ0v) is 37.8. The Morgan fingerprint density at radius 3 is 1.38 bits per heavy atom. The predicted molar refractivity (Wildman–Crippen MR) is 255 cm³/mol. The number of benzene rings is 4. The number of aromatic nitrogens is 2. The van der Waals surface area contributed by atoms with Gasteiger partial charge in [0.2, 0.25) is 0 Å². The lowest BCUT2D eigenvalue weighted by Crippen LogP contribution is -2.29. The third-order valence-corrected chi connectivity index (χ3v) is 11.0. The van der Waals surface area contributed by atoms with Gasteiger partial charge in [-0.15, -0.1) is 0 Å². The van der Waals surface area contributed by atoms with Gasteiger partial charge in [0.25, 0.3) is 0 Å². The molecule has 0 radical (unpaired) electrons. The van der Waals surface area contributed by atoms with Crippen molar-refractivity contribution in [3.63, 3.8) is 0 Å². The van der Waals surface area contributed by atoms with Crippen LogP contribution in [0.1, 0.15) is 55.6 Å². The van der Waals surface area contributed by atoms with Gasteiger partial charge >= 0.3 is 0 Å². The molecule has 0 fully saturated rings. The first kappa shape index (κ1) is 47.9. The first-order valence-corrected chi connectivity index (χ1v) is 21.2. The highest BCUT2D eigenvalue weighted by Crippen LogP contribution is 2.37. The molecular weight excluding hydrogens is 880 g/mol. The Balaban J connectivity index is 1.19. The van der Waals surface area contributed by atoms with E-state index in [-0.39, 0.29) is 51.2 Å². The van der Waals surface area contributed by atoms with Crippen LogP contribution < -0.4 is 52.7 Å². The second kappa shape index (κ2) is 23.4. The Morgan fingerprint density at radius 2 is 0.985 bits per heavy atom. The van der Waals surface area contributed by atoms with Crippen molar-refractivity contribution >= 4 is 34.9 Å². The predicted octanol–water partition coefficient (Wildman–Crippen LogP) is 6.77. The van der Waals surface area contributed by atoms with Gasteiger partial charge in [0.1, 0.15) is 73.2 Å². The Bertz CT molecular complexity index is 2630. The lowest BCUT2D eigenvalue weighted by Gasteiger charge is -2.19. The second-order valence-electron chi connectivity index (χ2n) is 15.0. The summed E-state index contributed by atoms with van der Waals surface area (Å²) in [5.41, 5.74) is 21.4. The Labute approximate surface area is 392 Å². The second-order valence-corrected chi connectivity index (χ2v) is 15.8. The van der Waals surface area contributed by atoms with Crippen LogP contribution in [0.3, 0.4) is 0 Å². The fraction of sp³-hybridized carbons (Fsp3) is 0.208. The van der Waals surface area contributed by atoms with Crippen LogP contribution in [0.5, 0.6) is 23.0 Å².